The molecule has 19 heavy (non-hydrogen) atoms. The second-order valence-electron chi connectivity index (χ2n) is 6.19. The van der Waals surface area contributed by atoms with Gasteiger partial charge in [0, 0.05) is 36.9 Å². The third kappa shape index (κ3) is 3.36. The number of nitrogens with zero attached hydrogens (tertiary/aromatic N) is 2. The molecular weight excluding hydrogens is 254 g/mol. The zero-order valence-corrected chi connectivity index (χ0v) is 12.7. The summed E-state index contributed by atoms with van der Waals surface area (Å²) in [6.07, 6.45) is 6.51. The van der Waals surface area contributed by atoms with Crippen molar-refractivity contribution in [3.8, 4) is 0 Å². The van der Waals surface area contributed by atoms with Crippen molar-refractivity contribution in [1.29, 1.82) is 0 Å². The largest absolute Gasteiger partial charge is 0.326 e. The topological polar surface area (TPSA) is 42.2 Å². The predicted molar refractivity (Wildman–Crippen MR) is 80.5 cm³/mol. The molecule has 2 N–H and O–H groups in total. The highest BCUT2D eigenvalue weighted by atomic mass is 32.1. The van der Waals surface area contributed by atoms with Crippen LogP contribution in [-0.4, -0.2) is 29.5 Å². The fourth-order valence-corrected chi connectivity index (χ4v) is 4.11. The van der Waals surface area contributed by atoms with Crippen molar-refractivity contribution in [2.75, 3.05) is 19.6 Å². The fourth-order valence-electron chi connectivity index (χ4n) is 3.09. The van der Waals surface area contributed by atoms with Crippen molar-refractivity contribution in [1.82, 2.24) is 9.88 Å². The van der Waals surface area contributed by atoms with Crippen molar-refractivity contribution in [3.05, 3.63) is 15.6 Å². The van der Waals surface area contributed by atoms with Crippen LogP contribution in [-0.2, 0) is 13.0 Å². The molecule has 0 radical (unpaired) electrons. The molecule has 1 aromatic heterocycles. The maximum atomic E-state index is 5.85. The second-order valence-corrected chi connectivity index (χ2v) is 7.36. The molecular formula is C15H25N3S. The van der Waals surface area contributed by atoms with E-state index < -0.39 is 0 Å². The zero-order valence-electron chi connectivity index (χ0n) is 11.9. The maximum absolute atomic E-state index is 5.85. The van der Waals surface area contributed by atoms with Gasteiger partial charge < -0.3 is 10.6 Å². The van der Waals surface area contributed by atoms with Crippen LogP contribution in [0.5, 0.6) is 0 Å². The Balaban J connectivity index is 1.57. The summed E-state index contributed by atoms with van der Waals surface area (Å²) in [7, 11) is 0. The van der Waals surface area contributed by atoms with Crippen molar-refractivity contribution in [2.45, 2.75) is 51.5 Å². The first-order valence-electron chi connectivity index (χ1n) is 7.67. The second kappa shape index (κ2) is 5.90. The van der Waals surface area contributed by atoms with Crippen LogP contribution in [0, 0.1) is 5.92 Å². The molecule has 3 rings (SSSR count). The van der Waals surface area contributed by atoms with E-state index in [0.29, 0.717) is 6.54 Å². The number of hydrogen-bond acceptors (Lipinski definition) is 4. The summed E-state index contributed by atoms with van der Waals surface area (Å²) in [4.78, 5) is 8.80. The lowest BCUT2D eigenvalue weighted by Crippen LogP contribution is -2.35. The minimum atomic E-state index is 0.671. The van der Waals surface area contributed by atoms with Crippen LogP contribution in [0.4, 0.5) is 0 Å². The summed E-state index contributed by atoms with van der Waals surface area (Å²) in [5, 5.41) is 1.31. The number of piperidine rings is 1. The van der Waals surface area contributed by atoms with E-state index in [-0.39, 0.29) is 0 Å². The van der Waals surface area contributed by atoms with Crippen molar-refractivity contribution in [3.63, 3.8) is 0 Å². The average molecular weight is 279 g/mol. The number of thiazole rings is 1. The Bertz CT molecular complexity index is 425. The van der Waals surface area contributed by atoms with E-state index in [2.05, 4.69) is 11.8 Å². The van der Waals surface area contributed by atoms with Gasteiger partial charge in [0.15, 0.2) is 0 Å². The minimum absolute atomic E-state index is 0.671. The van der Waals surface area contributed by atoms with Gasteiger partial charge in [-0.2, -0.15) is 0 Å². The Morgan fingerprint density at radius 2 is 2.21 bits per heavy atom. The molecule has 2 fully saturated rings. The molecule has 2 heterocycles. The molecule has 1 saturated carbocycles. The highest BCUT2D eigenvalue weighted by molar-refractivity contribution is 7.11. The van der Waals surface area contributed by atoms with Crippen LogP contribution in [0.1, 0.15) is 54.1 Å². The highest BCUT2D eigenvalue weighted by Gasteiger charge is 2.29. The SMILES string of the molecule is CC1CCCN(CCc2nc(C3CC3)c(CN)s2)C1. The quantitative estimate of drug-likeness (QED) is 0.901. The standard InChI is InChI=1S/C15H25N3S/c1-11-3-2-7-18(10-11)8-6-14-17-15(12-4-5-12)13(9-16)19-14/h11-12H,2-10,16H2,1H3. The number of hydrogen-bond donors (Lipinski definition) is 1. The van der Waals surface area contributed by atoms with Gasteiger partial charge in [-0.15, -0.1) is 11.3 Å². The monoisotopic (exact) mass is 279 g/mol. The van der Waals surface area contributed by atoms with Crippen molar-refractivity contribution >= 4 is 11.3 Å². The lowest BCUT2D eigenvalue weighted by molar-refractivity contribution is 0.186. The van der Waals surface area contributed by atoms with Gasteiger partial charge in [-0.1, -0.05) is 6.92 Å². The van der Waals surface area contributed by atoms with Crippen molar-refractivity contribution in [2.24, 2.45) is 11.7 Å². The Kier molecular flexibility index (Phi) is 4.20. The summed E-state index contributed by atoms with van der Waals surface area (Å²) in [5.74, 6) is 1.60. The summed E-state index contributed by atoms with van der Waals surface area (Å²) >= 11 is 1.85. The number of rotatable bonds is 5. The first-order chi connectivity index (χ1) is 9.26. The highest BCUT2D eigenvalue weighted by Crippen LogP contribution is 2.42. The molecule has 1 unspecified atom stereocenters. The van der Waals surface area contributed by atoms with E-state index in [0.717, 1.165) is 18.3 Å². The number of nitrogens with two attached hydrogens (primary N) is 1. The van der Waals surface area contributed by atoms with Gasteiger partial charge in [-0.25, -0.2) is 4.98 Å². The number of aromatic nitrogens is 1. The number of likely N-dealkylation sites (tertiary alicyclic amines) is 1. The molecule has 0 aromatic carbocycles. The van der Waals surface area contributed by atoms with Gasteiger partial charge in [0.2, 0.25) is 0 Å². The minimum Gasteiger partial charge on any atom is -0.326 e. The summed E-state index contributed by atoms with van der Waals surface area (Å²) < 4.78 is 0. The van der Waals surface area contributed by atoms with Crippen LogP contribution in [0.25, 0.3) is 0 Å². The Hall–Kier alpha value is -0.450. The van der Waals surface area contributed by atoms with E-state index in [9.17, 15) is 0 Å². The summed E-state index contributed by atoms with van der Waals surface area (Å²) in [5.41, 5.74) is 7.17. The van der Waals surface area contributed by atoms with Crippen LogP contribution >= 0.6 is 11.3 Å². The Morgan fingerprint density at radius 3 is 2.89 bits per heavy atom. The molecule has 4 heteroatoms. The van der Waals surface area contributed by atoms with Crippen molar-refractivity contribution < 1.29 is 0 Å². The van der Waals surface area contributed by atoms with E-state index in [4.69, 9.17) is 10.7 Å². The lowest BCUT2D eigenvalue weighted by Gasteiger charge is -2.30. The van der Waals surface area contributed by atoms with E-state index >= 15 is 0 Å². The van der Waals surface area contributed by atoms with E-state index in [1.165, 1.54) is 60.9 Å². The first-order valence-corrected chi connectivity index (χ1v) is 8.49. The normalized spacial score (nSPS) is 24.8. The molecule has 1 aliphatic carbocycles. The Morgan fingerprint density at radius 1 is 1.37 bits per heavy atom. The molecule has 0 spiro atoms. The fraction of sp³-hybridized carbons (Fsp3) is 0.800. The van der Waals surface area contributed by atoms with Gasteiger partial charge in [0.25, 0.3) is 0 Å². The summed E-state index contributed by atoms with van der Waals surface area (Å²) in [6, 6.07) is 0. The van der Waals surface area contributed by atoms with Gasteiger partial charge >= 0.3 is 0 Å². The van der Waals surface area contributed by atoms with Gasteiger partial charge in [0.1, 0.15) is 0 Å². The van der Waals surface area contributed by atoms with Crippen LogP contribution in [0.3, 0.4) is 0 Å². The first kappa shape index (κ1) is 13.5. The van der Waals surface area contributed by atoms with E-state index in [1.807, 2.05) is 11.3 Å². The smallest absolute Gasteiger partial charge is 0.0944 e. The molecule has 0 bridgehead atoms. The average Bonchev–Trinajstić information content (AvgIpc) is 3.17. The molecule has 1 aliphatic heterocycles. The maximum Gasteiger partial charge on any atom is 0.0944 e. The Labute approximate surface area is 120 Å². The third-order valence-electron chi connectivity index (χ3n) is 4.30. The predicted octanol–water partition coefficient (Wildman–Crippen LogP) is 2.75. The molecule has 1 atom stereocenters. The molecule has 0 amide bonds. The summed E-state index contributed by atoms with van der Waals surface area (Å²) in [6.45, 7) is 6.75. The molecule has 3 nitrogen and oxygen atoms in total. The van der Waals surface area contributed by atoms with Crippen LogP contribution < -0.4 is 5.73 Å². The van der Waals surface area contributed by atoms with E-state index in [1.54, 1.807) is 0 Å². The third-order valence-corrected chi connectivity index (χ3v) is 5.46. The molecule has 1 saturated heterocycles. The zero-order chi connectivity index (χ0) is 13.2. The van der Waals surface area contributed by atoms with Gasteiger partial charge in [-0.3, -0.25) is 0 Å². The molecule has 1 aromatic rings. The van der Waals surface area contributed by atoms with Crippen LogP contribution in [0.2, 0.25) is 0 Å². The molecule has 2 aliphatic rings. The lowest BCUT2D eigenvalue weighted by atomic mass is 10.0. The van der Waals surface area contributed by atoms with Crippen LogP contribution in [0.15, 0.2) is 0 Å². The molecule has 106 valence electrons. The van der Waals surface area contributed by atoms with Gasteiger partial charge in [-0.05, 0) is 38.1 Å². The van der Waals surface area contributed by atoms with Gasteiger partial charge in [0.05, 0.1) is 10.7 Å².